The average molecular weight is 323 g/mol. The van der Waals surface area contributed by atoms with Gasteiger partial charge in [-0.25, -0.2) is 12.8 Å². The van der Waals surface area contributed by atoms with Crippen LogP contribution < -0.4 is 4.31 Å². The molecular formula is C16H18FNO3S. The molecule has 2 aromatic rings. The summed E-state index contributed by atoms with van der Waals surface area (Å²) in [5.74, 6) is -0.426. The minimum Gasteiger partial charge on any atom is -0.508 e. The number of aromatic hydroxyl groups is 1. The summed E-state index contributed by atoms with van der Waals surface area (Å²) in [6.07, 6.45) is 0. The summed E-state index contributed by atoms with van der Waals surface area (Å²) in [6, 6.07) is 10.8. The molecule has 118 valence electrons. The third kappa shape index (κ3) is 3.57. The number of anilines is 1. The third-order valence-electron chi connectivity index (χ3n) is 3.05. The average Bonchev–Trinajstić information content (AvgIpc) is 2.45. The molecule has 22 heavy (non-hydrogen) atoms. The zero-order valence-electron chi connectivity index (χ0n) is 12.4. The van der Waals surface area contributed by atoms with Crippen LogP contribution >= 0.6 is 0 Å². The predicted molar refractivity (Wildman–Crippen MR) is 83.9 cm³/mol. The quantitative estimate of drug-likeness (QED) is 0.917. The van der Waals surface area contributed by atoms with E-state index in [4.69, 9.17) is 0 Å². The summed E-state index contributed by atoms with van der Waals surface area (Å²) in [7, 11) is -3.83. The fourth-order valence-corrected chi connectivity index (χ4v) is 3.68. The van der Waals surface area contributed by atoms with E-state index in [-0.39, 0.29) is 23.1 Å². The molecule has 4 nitrogen and oxygen atoms in total. The van der Waals surface area contributed by atoms with Gasteiger partial charge in [-0.15, -0.1) is 0 Å². The number of phenolic OH excluding ortho intramolecular Hbond substituents is 1. The number of sulfonamides is 1. The Morgan fingerprint density at radius 3 is 2.32 bits per heavy atom. The van der Waals surface area contributed by atoms with E-state index in [9.17, 15) is 17.9 Å². The summed E-state index contributed by atoms with van der Waals surface area (Å²) in [6.45, 7) is 4.05. The molecule has 0 aliphatic rings. The highest BCUT2D eigenvalue weighted by atomic mass is 32.2. The Bertz CT molecular complexity index is 742. The Labute approximate surface area is 129 Å². The summed E-state index contributed by atoms with van der Waals surface area (Å²) < 4.78 is 39.9. The van der Waals surface area contributed by atoms with E-state index < -0.39 is 15.8 Å². The number of hydrogen-bond acceptors (Lipinski definition) is 3. The van der Waals surface area contributed by atoms with E-state index in [0.29, 0.717) is 5.69 Å². The fourth-order valence-electron chi connectivity index (χ4n) is 2.06. The Hall–Kier alpha value is -2.08. The second kappa shape index (κ2) is 6.36. The molecular weight excluding hydrogens is 305 g/mol. The first kappa shape index (κ1) is 16.3. The van der Waals surface area contributed by atoms with Crippen molar-refractivity contribution < 1.29 is 17.9 Å². The molecule has 0 heterocycles. The van der Waals surface area contributed by atoms with Crippen LogP contribution in [-0.2, 0) is 10.0 Å². The van der Waals surface area contributed by atoms with Gasteiger partial charge >= 0.3 is 0 Å². The van der Waals surface area contributed by atoms with Gasteiger partial charge in [0, 0.05) is 12.6 Å². The van der Waals surface area contributed by atoms with Crippen molar-refractivity contribution in [2.24, 2.45) is 5.92 Å². The van der Waals surface area contributed by atoms with E-state index in [1.54, 1.807) is 12.1 Å². The maximum absolute atomic E-state index is 13.0. The summed E-state index contributed by atoms with van der Waals surface area (Å²) >= 11 is 0. The Morgan fingerprint density at radius 1 is 1.14 bits per heavy atom. The van der Waals surface area contributed by atoms with Gasteiger partial charge in [0.05, 0.1) is 10.6 Å². The molecule has 0 bridgehead atoms. The van der Waals surface area contributed by atoms with Crippen LogP contribution in [0.15, 0.2) is 53.4 Å². The molecule has 6 heteroatoms. The molecule has 0 spiro atoms. The number of rotatable bonds is 5. The fraction of sp³-hybridized carbons (Fsp3) is 0.250. The predicted octanol–water partition coefficient (Wildman–Crippen LogP) is 3.38. The molecule has 0 aliphatic carbocycles. The van der Waals surface area contributed by atoms with Gasteiger partial charge in [0.2, 0.25) is 0 Å². The third-order valence-corrected chi connectivity index (χ3v) is 4.86. The van der Waals surface area contributed by atoms with E-state index >= 15 is 0 Å². The van der Waals surface area contributed by atoms with Gasteiger partial charge in [-0.3, -0.25) is 4.31 Å². The van der Waals surface area contributed by atoms with Gasteiger partial charge < -0.3 is 5.11 Å². The highest BCUT2D eigenvalue weighted by Gasteiger charge is 2.25. The summed E-state index contributed by atoms with van der Waals surface area (Å²) in [5.41, 5.74) is 0.373. The number of halogens is 1. The van der Waals surface area contributed by atoms with Crippen molar-refractivity contribution in [3.05, 3.63) is 54.3 Å². The van der Waals surface area contributed by atoms with Crippen LogP contribution in [0.2, 0.25) is 0 Å². The summed E-state index contributed by atoms with van der Waals surface area (Å²) in [4.78, 5) is 0.0119. The van der Waals surface area contributed by atoms with Crippen molar-refractivity contribution in [1.29, 1.82) is 0 Å². The minimum absolute atomic E-state index is 0.0119. The van der Waals surface area contributed by atoms with Gasteiger partial charge in [0.15, 0.2) is 0 Å². The lowest BCUT2D eigenvalue weighted by atomic mass is 10.2. The van der Waals surface area contributed by atoms with Gasteiger partial charge in [-0.05, 0) is 42.3 Å². The maximum atomic E-state index is 13.0. The molecule has 0 saturated heterocycles. The normalized spacial score (nSPS) is 11.6. The van der Waals surface area contributed by atoms with Gasteiger partial charge in [0.1, 0.15) is 11.6 Å². The molecule has 2 aromatic carbocycles. The zero-order valence-corrected chi connectivity index (χ0v) is 13.2. The molecule has 0 aliphatic heterocycles. The lowest BCUT2D eigenvalue weighted by Crippen LogP contribution is -2.34. The lowest BCUT2D eigenvalue weighted by molar-refractivity contribution is 0.475. The molecule has 1 N–H and O–H groups in total. The smallest absolute Gasteiger partial charge is 0.264 e. The van der Waals surface area contributed by atoms with Crippen molar-refractivity contribution >= 4 is 15.7 Å². The van der Waals surface area contributed by atoms with Crippen LogP contribution in [0.25, 0.3) is 0 Å². The molecule has 0 aromatic heterocycles. The lowest BCUT2D eigenvalue weighted by Gasteiger charge is -2.26. The van der Waals surface area contributed by atoms with Crippen LogP contribution in [0.5, 0.6) is 5.75 Å². The van der Waals surface area contributed by atoms with Crippen LogP contribution in [-0.4, -0.2) is 20.1 Å². The maximum Gasteiger partial charge on any atom is 0.264 e. The van der Waals surface area contributed by atoms with E-state index in [0.717, 1.165) is 12.1 Å². The Morgan fingerprint density at radius 2 is 1.77 bits per heavy atom. The first-order chi connectivity index (χ1) is 10.3. The number of nitrogens with zero attached hydrogens (tertiary/aromatic N) is 1. The highest BCUT2D eigenvalue weighted by Crippen LogP contribution is 2.27. The van der Waals surface area contributed by atoms with Crippen molar-refractivity contribution in [2.45, 2.75) is 18.7 Å². The van der Waals surface area contributed by atoms with Crippen LogP contribution in [0.1, 0.15) is 13.8 Å². The molecule has 0 amide bonds. The molecule has 2 rings (SSSR count). The van der Waals surface area contributed by atoms with Crippen LogP contribution in [0.3, 0.4) is 0 Å². The molecule has 0 radical (unpaired) electrons. The molecule has 0 atom stereocenters. The second-order valence-electron chi connectivity index (χ2n) is 5.40. The van der Waals surface area contributed by atoms with E-state index in [2.05, 4.69) is 0 Å². The van der Waals surface area contributed by atoms with Crippen LogP contribution in [0, 0.1) is 11.7 Å². The monoisotopic (exact) mass is 323 g/mol. The Kier molecular flexibility index (Phi) is 4.71. The minimum atomic E-state index is -3.83. The van der Waals surface area contributed by atoms with Crippen molar-refractivity contribution in [1.82, 2.24) is 0 Å². The van der Waals surface area contributed by atoms with Crippen molar-refractivity contribution in [3.63, 3.8) is 0 Å². The van der Waals surface area contributed by atoms with Gasteiger partial charge in [0.25, 0.3) is 10.0 Å². The molecule has 0 unspecified atom stereocenters. The zero-order chi connectivity index (χ0) is 16.3. The van der Waals surface area contributed by atoms with Crippen LogP contribution in [0.4, 0.5) is 10.1 Å². The van der Waals surface area contributed by atoms with Crippen molar-refractivity contribution in [3.8, 4) is 5.75 Å². The first-order valence-corrected chi connectivity index (χ1v) is 8.32. The topological polar surface area (TPSA) is 57.6 Å². The highest BCUT2D eigenvalue weighted by molar-refractivity contribution is 7.92. The summed E-state index contributed by atoms with van der Waals surface area (Å²) in [5, 5.41) is 9.60. The number of hydrogen-bond donors (Lipinski definition) is 1. The Balaban J connectivity index is 2.50. The molecule has 0 fully saturated rings. The SMILES string of the molecule is CC(C)CN(c1cccc(O)c1)S(=O)(=O)c1ccc(F)cc1. The number of phenols is 1. The van der Waals surface area contributed by atoms with E-state index in [1.807, 2.05) is 13.8 Å². The second-order valence-corrected chi connectivity index (χ2v) is 7.27. The van der Waals surface area contributed by atoms with Gasteiger partial charge in [-0.2, -0.15) is 0 Å². The van der Waals surface area contributed by atoms with Gasteiger partial charge in [-0.1, -0.05) is 19.9 Å². The van der Waals surface area contributed by atoms with Crippen molar-refractivity contribution in [2.75, 3.05) is 10.8 Å². The van der Waals surface area contributed by atoms with E-state index in [1.165, 1.54) is 28.6 Å². The standard InChI is InChI=1S/C16H18FNO3S/c1-12(2)11-18(14-4-3-5-15(19)10-14)22(20,21)16-8-6-13(17)7-9-16/h3-10,12,19H,11H2,1-2H3. The number of benzene rings is 2. The molecule has 0 saturated carbocycles. The first-order valence-electron chi connectivity index (χ1n) is 6.88. The largest absolute Gasteiger partial charge is 0.508 e.